The molecule has 0 aliphatic heterocycles. The molecule has 1 nitrogen and oxygen atoms in total. The first kappa shape index (κ1) is 18.9. The van der Waals surface area contributed by atoms with E-state index in [4.69, 9.17) is 0 Å². The predicted molar refractivity (Wildman–Crippen MR) is 117 cm³/mol. The second-order valence-corrected chi connectivity index (χ2v) is 11.2. The summed E-state index contributed by atoms with van der Waals surface area (Å²) in [5, 5.41) is 11.4. The molecule has 4 fully saturated rings. The van der Waals surface area contributed by atoms with Crippen molar-refractivity contribution < 1.29 is 5.11 Å². The Bertz CT molecular complexity index is 761. The lowest BCUT2D eigenvalue weighted by atomic mass is 9.45. The van der Waals surface area contributed by atoms with Gasteiger partial charge in [-0.15, -0.1) is 0 Å². The number of benzene rings is 1. The average Bonchev–Trinajstić information content (AvgIpc) is 2.94. The Morgan fingerprint density at radius 2 is 1.68 bits per heavy atom. The molecular weight excluding hydrogens is 340 g/mol. The van der Waals surface area contributed by atoms with E-state index in [0.717, 1.165) is 24.2 Å². The van der Waals surface area contributed by atoms with E-state index >= 15 is 0 Å². The van der Waals surface area contributed by atoms with Crippen LogP contribution >= 0.6 is 0 Å². The SMILES string of the molecule is Cc1ccc(/C=C2\C[C@@H]3[C@@H]4CC[C@@H]5CCCC[C@]5(C)[C@H]4CC[C@]3(C)[C@H]2O)cc1. The summed E-state index contributed by atoms with van der Waals surface area (Å²) in [6.07, 6.45) is 14.4. The monoisotopic (exact) mass is 378 g/mol. The molecule has 0 unspecified atom stereocenters. The van der Waals surface area contributed by atoms with Gasteiger partial charge in [0.2, 0.25) is 0 Å². The number of aliphatic hydroxyl groups is 1. The Morgan fingerprint density at radius 3 is 2.46 bits per heavy atom. The van der Waals surface area contributed by atoms with Crippen molar-refractivity contribution >= 4 is 6.08 Å². The van der Waals surface area contributed by atoms with Crippen molar-refractivity contribution in [2.24, 2.45) is 34.5 Å². The molecule has 4 aliphatic rings. The van der Waals surface area contributed by atoms with E-state index in [1.54, 1.807) is 0 Å². The van der Waals surface area contributed by atoms with Crippen LogP contribution in [-0.4, -0.2) is 11.2 Å². The quantitative estimate of drug-likeness (QED) is 0.571. The number of hydrogen-bond donors (Lipinski definition) is 1. The standard InChI is InChI=1S/C27H38O/c1-18-7-9-19(10-8-18)16-20-17-24-22-12-11-21-6-4-5-14-26(21,2)23(22)13-15-27(24,3)25(20)28/h7-10,16,21-25,28H,4-6,11-15,17H2,1-3H3/b20-16+/t21-,22+,23-,24+,25-,26-,27-/m0/s1. The predicted octanol–water partition coefficient (Wildman–Crippen LogP) is 6.78. The number of rotatable bonds is 1. The van der Waals surface area contributed by atoms with Crippen LogP contribution in [-0.2, 0) is 0 Å². The third-order valence-electron chi connectivity index (χ3n) is 9.88. The van der Waals surface area contributed by atoms with Gasteiger partial charge in [-0.2, -0.15) is 0 Å². The van der Waals surface area contributed by atoms with E-state index in [0.29, 0.717) is 11.3 Å². The van der Waals surface area contributed by atoms with Crippen molar-refractivity contribution in [3.8, 4) is 0 Å². The summed E-state index contributed by atoms with van der Waals surface area (Å²) >= 11 is 0. The highest BCUT2D eigenvalue weighted by Gasteiger charge is 2.60. The molecule has 0 radical (unpaired) electrons. The zero-order chi connectivity index (χ0) is 19.5. The Morgan fingerprint density at radius 1 is 0.893 bits per heavy atom. The van der Waals surface area contributed by atoms with Crippen LogP contribution in [0.4, 0.5) is 0 Å². The maximum absolute atomic E-state index is 11.4. The molecule has 1 aromatic carbocycles. The van der Waals surface area contributed by atoms with Crippen LogP contribution in [0.5, 0.6) is 0 Å². The van der Waals surface area contributed by atoms with Gasteiger partial charge in [0.1, 0.15) is 0 Å². The topological polar surface area (TPSA) is 20.2 Å². The Balaban J connectivity index is 1.45. The van der Waals surface area contributed by atoms with Crippen molar-refractivity contribution in [3.05, 3.63) is 41.0 Å². The summed E-state index contributed by atoms with van der Waals surface area (Å²) in [5.74, 6) is 3.38. The summed E-state index contributed by atoms with van der Waals surface area (Å²) in [7, 11) is 0. The first-order valence-electron chi connectivity index (χ1n) is 11.9. The lowest BCUT2D eigenvalue weighted by molar-refractivity contribution is -0.119. The Labute approximate surface area is 171 Å². The number of fused-ring (bicyclic) bond motifs is 5. The molecule has 4 saturated carbocycles. The minimum Gasteiger partial charge on any atom is -0.388 e. The molecule has 28 heavy (non-hydrogen) atoms. The number of hydrogen-bond acceptors (Lipinski definition) is 1. The Kier molecular flexibility index (Phi) is 4.54. The van der Waals surface area contributed by atoms with Gasteiger partial charge in [0, 0.05) is 5.41 Å². The normalized spacial score (nSPS) is 46.7. The van der Waals surface area contributed by atoms with Crippen molar-refractivity contribution in [1.82, 2.24) is 0 Å². The van der Waals surface area contributed by atoms with E-state index in [9.17, 15) is 5.11 Å². The molecule has 1 N–H and O–H groups in total. The van der Waals surface area contributed by atoms with E-state index in [1.807, 2.05) is 0 Å². The van der Waals surface area contributed by atoms with Gasteiger partial charge in [-0.05, 0) is 92.1 Å². The van der Waals surface area contributed by atoms with Gasteiger partial charge in [-0.3, -0.25) is 0 Å². The molecule has 0 bridgehead atoms. The highest BCUT2D eigenvalue weighted by Crippen LogP contribution is 2.67. The number of aryl methyl sites for hydroxylation is 1. The third kappa shape index (κ3) is 2.76. The number of aliphatic hydroxyl groups excluding tert-OH is 1. The zero-order valence-corrected chi connectivity index (χ0v) is 18.1. The van der Waals surface area contributed by atoms with Crippen molar-refractivity contribution in [3.63, 3.8) is 0 Å². The van der Waals surface area contributed by atoms with Crippen molar-refractivity contribution in [2.75, 3.05) is 0 Å². The van der Waals surface area contributed by atoms with Crippen LogP contribution in [0, 0.1) is 41.4 Å². The van der Waals surface area contributed by atoms with Gasteiger partial charge in [0.25, 0.3) is 0 Å². The van der Waals surface area contributed by atoms with Gasteiger partial charge >= 0.3 is 0 Å². The molecule has 0 amide bonds. The molecular formula is C27H38O. The van der Waals surface area contributed by atoms with Gasteiger partial charge < -0.3 is 5.11 Å². The van der Waals surface area contributed by atoms with Crippen LogP contribution in [0.25, 0.3) is 6.08 Å². The Hall–Kier alpha value is -1.08. The van der Waals surface area contributed by atoms with E-state index in [2.05, 4.69) is 51.1 Å². The second kappa shape index (κ2) is 6.73. The maximum Gasteiger partial charge on any atom is 0.0809 e. The van der Waals surface area contributed by atoms with Gasteiger partial charge in [0.05, 0.1) is 6.10 Å². The molecule has 152 valence electrons. The van der Waals surface area contributed by atoms with Gasteiger partial charge in [0.15, 0.2) is 0 Å². The lowest BCUT2D eigenvalue weighted by Gasteiger charge is -2.60. The third-order valence-corrected chi connectivity index (χ3v) is 9.88. The largest absolute Gasteiger partial charge is 0.388 e. The summed E-state index contributed by atoms with van der Waals surface area (Å²) in [6.45, 7) is 7.19. The van der Waals surface area contributed by atoms with E-state index in [1.165, 1.54) is 68.1 Å². The van der Waals surface area contributed by atoms with Crippen LogP contribution in [0.1, 0.15) is 82.8 Å². The van der Waals surface area contributed by atoms with E-state index in [-0.39, 0.29) is 11.5 Å². The smallest absolute Gasteiger partial charge is 0.0809 e. The molecule has 5 rings (SSSR count). The van der Waals surface area contributed by atoms with Crippen LogP contribution < -0.4 is 0 Å². The average molecular weight is 379 g/mol. The second-order valence-electron chi connectivity index (χ2n) is 11.2. The molecule has 0 heterocycles. The highest BCUT2D eigenvalue weighted by molar-refractivity contribution is 5.56. The molecule has 0 spiro atoms. The fraction of sp³-hybridized carbons (Fsp3) is 0.704. The summed E-state index contributed by atoms with van der Waals surface area (Å²) in [4.78, 5) is 0. The fourth-order valence-corrected chi connectivity index (χ4v) is 8.17. The molecule has 1 heteroatoms. The summed E-state index contributed by atoms with van der Waals surface area (Å²) < 4.78 is 0. The van der Waals surface area contributed by atoms with Crippen molar-refractivity contribution in [1.29, 1.82) is 0 Å². The van der Waals surface area contributed by atoms with Crippen LogP contribution in [0.2, 0.25) is 0 Å². The molecule has 7 atom stereocenters. The highest BCUT2D eigenvalue weighted by atomic mass is 16.3. The van der Waals surface area contributed by atoms with Crippen LogP contribution in [0.3, 0.4) is 0 Å². The zero-order valence-electron chi connectivity index (χ0n) is 18.1. The molecule has 0 aromatic heterocycles. The minimum atomic E-state index is -0.253. The molecule has 1 aromatic rings. The maximum atomic E-state index is 11.4. The minimum absolute atomic E-state index is 0.0928. The summed E-state index contributed by atoms with van der Waals surface area (Å²) in [5.41, 5.74) is 4.52. The summed E-state index contributed by atoms with van der Waals surface area (Å²) in [6, 6.07) is 8.78. The van der Waals surface area contributed by atoms with Gasteiger partial charge in [-0.25, -0.2) is 0 Å². The lowest BCUT2D eigenvalue weighted by Crippen LogP contribution is -2.53. The van der Waals surface area contributed by atoms with Crippen molar-refractivity contribution in [2.45, 2.75) is 84.7 Å². The fourth-order valence-electron chi connectivity index (χ4n) is 8.17. The van der Waals surface area contributed by atoms with Gasteiger partial charge in [-0.1, -0.05) is 62.6 Å². The first-order valence-corrected chi connectivity index (χ1v) is 11.9. The molecule has 4 aliphatic carbocycles. The molecule has 0 saturated heterocycles. The first-order chi connectivity index (χ1) is 13.4. The van der Waals surface area contributed by atoms with E-state index < -0.39 is 0 Å². The van der Waals surface area contributed by atoms with Crippen LogP contribution in [0.15, 0.2) is 29.8 Å².